The van der Waals surface area contributed by atoms with Crippen LogP contribution < -0.4 is 5.32 Å². The van der Waals surface area contributed by atoms with Crippen molar-refractivity contribution in [1.29, 1.82) is 0 Å². The largest absolute Gasteiger partial charge is 0.310 e. The Bertz CT molecular complexity index is 334. The summed E-state index contributed by atoms with van der Waals surface area (Å²) >= 11 is 0. The average molecular weight is 290 g/mol. The van der Waals surface area contributed by atoms with E-state index in [0.717, 1.165) is 22.8 Å². The Labute approximate surface area is 131 Å². The van der Waals surface area contributed by atoms with Gasteiger partial charge in [-0.3, -0.25) is 0 Å². The lowest BCUT2D eigenvalue weighted by molar-refractivity contribution is 0.0587. The lowest BCUT2D eigenvalue weighted by atomic mass is 9.61. The Kier molecular flexibility index (Phi) is 3.45. The van der Waals surface area contributed by atoms with Gasteiger partial charge in [-0.15, -0.1) is 0 Å². The third-order valence-corrected chi connectivity index (χ3v) is 8.13. The van der Waals surface area contributed by atoms with Gasteiger partial charge in [0, 0.05) is 17.5 Å². The van der Waals surface area contributed by atoms with Gasteiger partial charge in [0.15, 0.2) is 0 Å². The first-order valence-corrected chi connectivity index (χ1v) is 9.83. The molecule has 0 bridgehead atoms. The summed E-state index contributed by atoms with van der Waals surface area (Å²) in [5.74, 6) is 2.07. The molecule has 4 aliphatic carbocycles. The molecular weight excluding hydrogens is 254 g/mol. The van der Waals surface area contributed by atoms with Crippen molar-refractivity contribution in [2.75, 3.05) is 6.54 Å². The van der Waals surface area contributed by atoms with E-state index in [1.165, 1.54) is 83.6 Å². The molecule has 21 heavy (non-hydrogen) atoms. The van der Waals surface area contributed by atoms with Crippen molar-refractivity contribution in [3.05, 3.63) is 0 Å². The summed E-state index contributed by atoms with van der Waals surface area (Å²) in [4.78, 5) is 0. The van der Waals surface area contributed by atoms with Gasteiger partial charge in [0.05, 0.1) is 0 Å². The van der Waals surface area contributed by atoms with Crippen LogP contribution in [0.15, 0.2) is 0 Å². The van der Waals surface area contributed by atoms with Crippen molar-refractivity contribution in [3.8, 4) is 0 Å². The van der Waals surface area contributed by atoms with Gasteiger partial charge in [0.2, 0.25) is 0 Å². The molecule has 0 spiro atoms. The summed E-state index contributed by atoms with van der Waals surface area (Å²) in [6.45, 7) is 6.48. The van der Waals surface area contributed by atoms with Gasteiger partial charge in [-0.2, -0.15) is 0 Å². The summed E-state index contributed by atoms with van der Waals surface area (Å²) in [6.07, 6.45) is 18.1. The number of nitrogens with one attached hydrogen (secondary N) is 1. The van der Waals surface area contributed by atoms with E-state index in [9.17, 15) is 0 Å². The number of rotatable bonds is 2. The van der Waals surface area contributed by atoms with Crippen LogP contribution in [0, 0.1) is 22.7 Å². The van der Waals surface area contributed by atoms with E-state index >= 15 is 0 Å². The quantitative estimate of drug-likeness (QED) is 0.728. The highest BCUT2D eigenvalue weighted by Gasteiger charge is 2.88. The minimum atomic E-state index is 0.640. The van der Waals surface area contributed by atoms with Crippen LogP contribution >= 0.6 is 0 Å². The molecule has 0 unspecified atom stereocenters. The van der Waals surface area contributed by atoms with E-state index in [4.69, 9.17) is 0 Å². The second-order valence-corrected chi connectivity index (χ2v) is 9.56. The van der Waals surface area contributed by atoms with E-state index in [1.54, 1.807) is 0 Å². The van der Waals surface area contributed by atoms with Crippen LogP contribution in [0.5, 0.6) is 0 Å². The topological polar surface area (TPSA) is 12.0 Å². The molecule has 0 amide bonds. The zero-order valence-electron chi connectivity index (χ0n) is 14.3. The monoisotopic (exact) mass is 289 g/mol. The van der Waals surface area contributed by atoms with Gasteiger partial charge in [0.25, 0.3) is 0 Å². The van der Waals surface area contributed by atoms with Gasteiger partial charge in [-0.25, -0.2) is 0 Å². The van der Waals surface area contributed by atoms with Crippen molar-refractivity contribution in [2.24, 2.45) is 22.7 Å². The summed E-state index contributed by atoms with van der Waals surface area (Å²) in [6, 6.07) is 0. The van der Waals surface area contributed by atoms with Gasteiger partial charge in [-0.1, -0.05) is 52.4 Å². The lowest BCUT2D eigenvalue weighted by Gasteiger charge is -2.44. The van der Waals surface area contributed by atoms with Crippen molar-refractivity contribution in [3.63, 3.8) is 0 Å². The molecule has 0 aromatic rings. The summed E-state index contributed by atoms with van der Waals surface area (Å²) < 4.78 is 0. The highest BCUT2D eigenvalue weighted by Crippen LogP contribution is 2.83. The second-order valence-electron chi connectivity index (χ2n) is 9.56. The molecule has 4 saturated carbocycles. The van der Waals surface area contributed by atoms with Gasteiger partial charge in [0.1, 0.15) is 0 Å². The van der Waals surface area contributed by atoms with Crippen molar-refractivity contribution < 1.29 is 0 Å². The van der Waals surface area contributed by atoms with Crippen LogP contribution in [0.1, 0.15) is 90.9 Å². The van der Waals surface area contributed by atoms with E-state index in [1.807, 2.05) is 0 Å². The van der Waals surface area contributed by atoms with Crippen LogP contribution in [-0.2, 0) is 0 Å². The molecule has 0 aromatic heterocycles. The molecule has 1 N–H and O–H groups in total. The van der Waals surface area contributed by atoms with Gasteiger partial charge in [-0.05, 0) is 55.8 Å². The smallest absolute Gasteiger partial charge is 0.0264 e. The summed E-state index contributed by atoms with van der Waals surface area (Å²) in [5, 5.41) is 3.42. The van der Waals surface area contributed by atoms with Gasteiger partial charge < -0.3 is 5.32 Å². The maximum absolute atomic E-state index is 3.42. The number of hydrogen-bond donors (Lipinski definition) is 1. The molecule has 0 radical (unpaired) electrons. The SMILES string of the molecule is C1NC23CC12C3.CC(C)(C1CCCCC1)C1CCCCC1. The fourth-order valence-electron chi connectivity index (χ4n) is 5.88. The summed E-state index contributed by atoms with van der Waals surface area (Å²) in [7, 11) is 0. The standard InChI is InChI=1S/C15H28.C5H7N/c1-15(2,13-9-5-3-6-10-13)14-11-7-4-8-12-14;1-4-2-5(1,4)6-3-4/h13-14H,3-12H2,1-2H3;6H,1-3H2. The Morgan fingerprint density at radius 1 is 0.762 bits per heavy atom. The molecule has 1 saturated heterocycles. The maximum atomic E-state index is 3.42. The number of hydrogen-bond acceptors (Lipinski definition) is 1. The molecule has 0 aromatic carbocycles. The Balaban J connectivity index is 0.000000154. The molecule has 1 heteroatoms. The van der Waals surface area contributed by atoms with E-state index < -0.39 is 0 Å². The third kappa shape index (κ3) is 2.38. The Hall–Kier alpha value is -0.0400. The van der Waals surface area contributed by atoms with Crippen LogP contribution in [0.4, 0.5) is 0 Å². The maximum Gasteiger partial charge on any atom is 0.0264 e. The molecular formula is C20H35N. The predicted molar refractivity (Wildman–Crippen MR) is 89.3 cm³/mol. The van der Waals surface area contributed by atoms with Crippen LogP contribution in [0.25, 0.3) is 0 Å². The lowest BCUT2D eigenvalue weighted by Crippen LogP contribution is -2.35. The molecule has 0 atom stereocenters. The first-order chi connectivity index (χ1) is 10.1. The predicted octanol–water partition coefficient (Wildman–Crippen LogP) is 5.30. The highest BCUT2D eigenvalue weighted by atomic mass is 15.3. The first-order valence-electron chi connectivity index (χ1n) is 9.83. The zero-order valence-corrected chi connectivity index (χ0v) is 14.3. The zero-order chi connectivity index (χ0) is 14.6. The third-order valence-electron chi connectivity index (χ3n) is 8.13. The normalized spacial score (nSPS) is 42.0. The van der Waals surface area contributed by atoms with Crippen molar-refractivity contribution >= 4 is 0 Å². The molecule has 1 heterocycles. The fourth-order valence-corrected chi connectivity index (χ4v) is 5.88. The van der Waals surface area contributed by atoms with E-state index in [-0.39, 0.29) is 0 Å². The molecule has 1 aliphatic heterocycles. The summed E-state index contributed by atoms with van der Waals surface area (Å²) in [5.41, 5.74) is 2.35. The second kappa shape index (κ2) is 4.98. The molecule has 5 aliphatic rings. The molecule has 5 fully saturated rings. The fraction of sp³-hybridized carbons (Fsp3) is 1.00. The van der Waals surface area contributed by atoms with Crippen LogP contribution in [-0.4, -0.2) is 12.1 Å². The minimum absolute atomic E-state index is 0.640. The van der Waals surface area contributed by atoms with E-state index in [2.05, 4.69) is 19.2 Å². The average Bonchev–Trinajstić information content (AvgIpc) is 3.15. The minimum Gasteiger partial charge on any atom is -0.310 e. The van der Waals surface area contributed by atoms with Crippen molar-refractivity contribution in [1.82, 2.24) is 5.32 Å². The highest BCUT2D eigenvalue weighted by molar-refractivity contribution is 5.45. The molecule has 120 valence electrons. The Morgan fingerprint density at radius 3 is 1.43 bits per heavy atom. The van der Waals surface area contributed by atoms with Crippen LogP contribution in [0.3, 0.4) is 0 Å². The Morgan fingerprint density at radius 2 is 1.19 bits per heavy atom. The van der Waals surface area contributed by atoms with Gasteiger partial charge >= 0.3 is 0 Å². The molecule has 5 rings (SSSR count). The first kappa shape index (κ1) is 14.5. The van der Waals surface area contributed by atoms with E-state index in [0.29, 0.717) is 5.41 Å². The van der Waals surface area contributed by atoms with Crippen LogP contribution in [0.2, 0.25) is 0 Å². The molecule has 1 nitrogen and oxygen atoms in total. The van der Waals surface area contributed by atoms with Crippen molar-refractivity contribution in [2.45, 2.75) is 96.4 Å².